The number of amides is 3. The van der Waals surface area contributed by atoms with Crippen LogP contribution in [-0.2, 0) is 9.59 Å². The number of rotatable bonds is 3. The Balaban J connectivity index is 1.88. The molecule has 1 atom stereocenters. The van der Waals surface area contributed by atoms with Gasteiger partial charge in [-0.2, -0.15) is 0 Å². The highest BCUT2D eigenvalue weighted by Crippen LogP contribution is 2.36. The van der Waals surface area contributed by atoms with Gasteiger partial charge in [0, 0.05) is 57.0 Å². The standard InChI is InChI=1S/C19H27N3O3S/c1-4-20-11-19(10-16(20)23)12-21(17(24)14(2)3)7-8-22(13-19)18(25)15-6-5-9-26-15/h5-6,9,14H,4,7-8,10-13H2,1-3H3/t19-/m0/s1. The molecule has 0 unspecified atom stereocenters. The van der Waals surface area contributed by atoms with Crippen LogP contribution < -0.4 is 0 Å². The van der Waals surface area contributed by atoms with Crippen LogP contribution in [0, 0.1) is 11.3 Å². The summed E-state index contributed by atoms with van der Waals surface area (Å²) in [5.74, 6) is 0.124. The summed E-state index contributed by atoms with van der Waals surface area (Å²) in [5.41, 5.74) is -0.374. The Kier molecular flexibility index (Phi) is 5.37. The normalized spacial score (nSPS) is 23.8. The minimum Gasteiger partial charge on any atom is -0.342 e. The Bertz CT molecular complexity index is 688. The fraction of sp³-hybridized carbons (Fsp3) is 0.632. The quantitative estimate of drug-likeness (QED) is 0.809. The van der Waals surface area contributed by atoms with E-state index in [0.29, 0.717) is 50.6 Å². The maximum atomic E-state index is 12.9. The predicted octanol–water partition coefficient (Wildman–Crippen LogP) is 1.93. The third-order valence-electron chi connectivity index (χ3n) is 5.30. The van der Waals surface area contributed by atoms with E-state index in [2.05, 4.69) is 0 Å². The zero-order chi connectivity index (χ0) is 18.9. The number of carbonyl (C=O) groups is 3. The van der Waals surface area contributed by atoms with E-state index >= 15 is 0 Å². The summed E-state index contributed by atoms with van der Waals surface area (Å²) in [6.45, 7) is 9.14. The summed E-state index contributed by atoms with van der Waals surface area (Å²) in [6.07, 6.45) is 0.400. The van der Waals surface area contributed by atoms with Crippen LogP contribution in [0.15, 0.2) is 17.5 Å². The molecule has 3 rings (SSSR count). The molecule has 0 bridgehead atoms. The molecule has 0 radical (unpaired) electrons. The second-order valence-electron chi connectivity index (χ2n) is 7.70. The smallest absolute Gasteiger partial charge is 0.263 e. The highest BCUT2D eigenvalue weighted by Gasteiger charge is 2.47. The fourth-order valence-corrected chi connectivity index (χ4v) is 4.71. The molecular formula is C19H27N3O3S. The number of carbonyl (C=O) groups excluding carboxylic acids is 3. The van der Waals surface area contributed by atoms with Gasteiger partial charge in [0.25, 0.3) is 5.91 Å². The zero-order valence-electron chi connectivity index (χ0n) is 15.7. The Hall–Kier alpha value is -1.89. The lowest BCUT2D eigenvalue weighted by atomic mass is 9.85. The Morgan fingerprint density at radius 3 is 2.46 bits per heavy atom. The van der Waals surface area contributed by atoms with Crippen molar-refractivity contribution in [2.45, 2.75) is 27.2 Å². The lowest BCUT2D eigenvalue weighted by molar-refractivity contribution is -0.135. The topological polar surface area (TPSA) is 60.9 Å². The molecule has 1 aromatic heterocycles. The first-order valence-corrected chi connectivity index (χ1v) is 10.1. The number of nitrogens with zero attached hydrogens (tertiary/aromatic N) is 3. The molecule has 0 aliphatic carbocycles. The van der Waals surface area contributed by atoms with Crippen LogP contribution in [0.25, 0.3) is 0 Å². The van der Waals surface area contributed by atoms with Crippen LogP contribution in [0.3, 0.4) is 0 Å². The van der Waals surface area contributed by atoms with Crippen molar-refractivity contribution in [2.24, 2.45) is 11.3 Å². The monoisotopic (exact) mass is 377 g/mol. The Labute approximate surface area is 158 Å². The van der Waals surface area contributed by atoms with Gasteiger partial charge in [-0.15, -0.1) is 11.3 Å². The first-order chi connectivity index (χ1) is 12.3. The molecule has 3 heterocycles. The van der Waals surface area contributed by atoms with Gasteiger partial charge in [0.1, 0.15) is 0 Å². The minimum atomic E-state index is -0.374. The number of hydrogen-bond donors (Lipinski definition) is 0. The van der Waals surface area contributed by atoms with E-state index in [1.165, 1.54) is 11.3 Å². The molecule has 142 valence electrons. The van der Waals surface area contributed by atoms with Gasteiger partial charge in [0.2, 0.25) is 11.8 Å². The molecule has 7 heteroatoms. The lowest BCUT2D eigenvalue weighted by Gasteiger charge is -2.34. The number of hydrogen-bond acceptors (Lipinski definition) is 4. The third kappa shape index (κ3) is 3.63. The molecule has 0 N–H and O–H groups in total. The SMILES string of the molecule is CCN1C[C@]2(CC1=O)CN(C(=O)c1cccs1)CCN(C(=O)C(C)C)C2. The van der Waals surface area contributed by atoms with Gasteiger partial charge in [-0.3, -0.25) is 14.4 Å². The molecule has 1 aromatic rings. The minimum absolute atomic E-state index is 0.000573. The summed E-state index contributed by atoms with van der Waals surface area (Å²) < 4.78 is 0. The zero-order valence-corrected chi connectivity index (χ0v) is 16.6. The van der Waals surface area contributed by atoms with Gasteiger partial charge >= 0.3 is 0 Å². The summed E-state index contributed by atoms with van der Waals surface area (Å²) in [6, 6.07) is 3.71. The largest absolute Gasteiger partial charge is 0.342 e. The average molecular weight is 378 g/mol. The van der Waals surface area contributed by atoms with Crippen LogP contribution in [-0.4, -0.2) is 71.7 Å². The van der Waals surface area contributed by atoms with Crippen LogP contribution in [0.2, 0.25) is 0 Å². The molecule has 6 nitrogen and oxygen atoms in total. The van der Waals surface area contributed by atoms with Crippen molar-refractivity contribution in [1.29, 1.82) is 0 Å². The summed E-state index contributed by atoms with van der Waals surface area (Å²) in [7, 11) is 0. The molecule has 1 spiro atoms. The van der Waals surface area contributed by atoms with Gasteiger partial charge in [-0.25, -0.2) is 0 Å². The highest BCUT2D eigenvalue weighted by molar-refractivity contribution is 7.12. The fourth-order valence-electron chi connectivity index (χ4n) is 4.02. The van der Waals surface area contributed by atoms with E-state index in [4.69, 9.17) is 0 Å². The number of likely N-dealkylation sites (tertiary alicyclic amines) is 1. The molecular weight excluding hydrogens is 350 g/mol. The molecule has 0 saturated carbocycles. The van der Waals surface area contributed by atoms with E-state index in [1.807, 2.05) is 53.0 Å². The van der Waals surface area contributed by atoms with Crippen molar-refractivity contribution in [3.63, 3.8) is 0 Å². The van der Waals surface area contributed by atoms with Gasteiger partial charge in [0.05, 0.1) is 4.88 Å². The van der Waals surface area contributed by atoms with E-state index in [0.717, 1.165) is 0 Å². The van der Waals surface area contributed by atoms with Crippen LogP contribution in [0.5, 0.6) is 0 Å². The van der Waals surface area contributed by atoms with Crippen molar-refractivity contribution < 1.29 is 14.4 Å². The molecule has 0 aromatic carbocycles. The maximum absolute atomic E-state index is 12.9. The molecule has 2 saturated heterocycles. The number of thiophene rings is 1. The lowest BCUT2D eigenvalue weighted by Crippen LogP contribution is -2.46. The summed E-state index contributed by atoms with van der Waals surface area (Å²) >= 11 is 1.43. The predicted molar refractivity (Wildman–Crippen MR) is 101 cm³/mol. The average Bonchev–Trinajstić information content (AvgIpc) is 3.19. The second-order valence-corrected chi connectivity index (χ2v) is 8.65. The van der Waals surface area contributed by atoms with E-state index in [9.17, 15) is 14.4 Å². The highest BCUT2D eigenvalue weighted by atomic mass is 32.1. The van der Waals surface area contributed by atoms with Gasteiger partial charge in [-0.05, 0) is 18.4 Å². The molecule has 2 fully saturated rings. The van der Waals surface area contributed by atoms with Gasteiger partial charge in [0.15, 0.2) is 0 Å². The summed E-state index contributed by atoms with van der Waals surface area (Å²) in [5, 5.41) is 1.90. The van der Waals surface area contributed by atoms with Crippen LogP contribution in [0.1, 0.15) is 36.9 Å². The van der Waals surface area contributed by atoms with Crippen LogP contribution >= 0.6 is 11.3 Å². The van der Waals surface area contributed by atoms with Crippen molar-refractivity contribution in [3.05, 3.63) is 22.4 Å². The summed E-state index contributed by atoms with van der Waals surface area (Å²) in [4.78, 5) is 44.3. The van der Waals surface area contributed by atoms with Gasteiger partial charge < -0.3 is 14.7 Å². The molecule has 2 aliphatic rings. The van der Waals surface area contributed by atoms with E-state index in [1.54, 1.807) is 0 Å². The molecule has 26 heavy (non-hydrogen) atoms. The second kappa shape index (κ2) is 7.39. The first kappa shape index (κ1) is 18.9. The maximum Gasteiger partial charge on any atom is 0.263 e. The van der Waals surface area contributed by atoms with Crippen molar-refractivity contribution >= 4 is 29.1 Å². The third-order valence-corrected chi connectivity index (χ3v) is 6.16. The van der Waals surface area contributed by atoms with Crippen molar-refractivity contribution in [1.82, 2.24) is 14.7 Å². The van der Waals surface area contributed by atoms with Gasteiger partial charge in [-0.1, -0.05) is 19.9 Å². The van der Waals surface area contributed by atoms with E-state index in [-0.39, 0.29) is 29.1 Å². The molecule has 2 aliphatic heterocycles. The van der Waals surface area contributed by atoms with E-state index < -0.39 is 0 Å². The van der Waals surface area contributed by atoms with Crippen molar-refractivity contribution in [2.75, 3.05) is 39.3 Å². The van der Waals surface area contributed by atoms with Crippen LogP contribution in [0.4, 0.5) is 0 Å². The Morgan fingerprint density at radius 1 is 1.19 bits per heavy atom. The Morgan fingerprint density at radius 2 is 1.88 bits per heavy atom. The van der Waals surface area contributed by atoms with Crippen molar-refractivity contribution in [3.8, 4) is 0 Å². The molecule has 3 amide bonds. The first-order valence-electron chi connectivity index (χ1n) is 9.24.